The number of piperidine rings is 1. The summed E-state index contributed by atoms with van der Waals surface area (Å²) in [7, 11) is 1.75. The van der Waals surface area contributed by atoms with Crippen molar-refractivity contribution in [1.82, 2.24) is 4.90 Å². The average Bonchev–Trinajstić information content (AvgIpc) is 2.10. The first kappa shape index (κ1) is 10.0. The molecule has 1 rings (SSSR count). The Morgan fingerprint density at radius 2 is 2.38 bits per heavy atom. The molecule has 1 amide bonds. The maximum atomic E-state index is 11.3. The van der Waals surface area contributed by atoms with Crippen LogP contribution in [0.1, 0.15) is 19.8 Å². The van der Waals surface area contributed by atoms with E-state index in [2.05, 4.69) is 0 Å². The van der Waals surface area contributed by atoms with E-state index in [1.54, 1.807) is 18.9 Å². The molecule has 0 aromatic carbocycles. The summed E-state index contributed by atoms with van der Waals surface area (Å²) in [4.78, 5) is 24.1. The van der Waals surface area contributed by atoms with Crippen LogP contribution in [0.2, 0.25) is 0 Å². The Balaban J connectivity index is 2.45. The fourth-order valence-corrected chi connectivity index (χ4v) is 1.40. The van der Waals surface area contributed by atoms with Crippen molar-refractivity contribution in [2.75, 3.05) is 20.2 Å². The maximum Gasteiger partial charge on any atom is 0.309 e. The third kappa shape index (κ3) is 2.44. The summed E-state index contributed by atoms with van der Waals surface area (Å²) < 4.78 is 4.86. The summed E-state index contributed by atoms with van der Waals surface area (Å²) in [5.74, 6) is -0.420. The van der Waals surface area contributed by atoms with Gasteiger partial charge in [-0.25, -0.2) is 0 Å². The van der Waals surface area contributed by atoms with Gasteiger partial charge in [0.25, 0.3) is 0 Å². The minimum absolute atomic E-state index is 0.0318. The van der Waals surface area contributed by atoms with E-state index in [9.17, 15) is 9.59 Å². The first-order valence-corrected chi connectivity index (χ1v) is 4.55. The predicted octanol–water partition coefficient (Wildman–Crippen LogP) is 0.418. The minimum atomic E-state index is -0.232. The van der Waals surface area contributed by atoms with Crippen LogP contribution in [0.25, 0.3) is 0 Å². The summed E-state index contributed by atoms with van der Waals surface area (Å²) in [6.07, 6.45) is 1.02. The molecule has 0 N–H and O–H groups in total. The van der Waals surface area contributed by atoms with Gasteiger partial charge in [-0.05, 0) is 13.3 Å². The highest BCUT2D eigenvalue weighted by Crippen LogP contribution is 2.18. The molecule has 1 saturated heterocycles. The van der Waals surface area contributed by atoms with Gasteiger partial charge in [-0.1, -0.05) is 0 Å². The Kier molecular flexibility index (Phi) is 3.28. The monoisotopic (exact) mass is 185 g/mol. The third-order valence-corrected chi connectivity index (χ3v) is 2.28. The van der Waals surface area contributed by atoms with Crippen molar-refractivity contribution in [3.63, 3.8) is 0 Å². The molecule has 0 bridgehead atoms. The van der Waals surface area contributed by atoms with Crippen molar-refractivity contribution in [1.29, 1.82) is 0 Å². The number of rotatable bonds is 2. The molecule has 0 radical (unpaired) electrons. The van der Waals surface area contributed by atoms with E-state index in [1.165, 1.54) is 0 Å². The molecule has 1 fully saturated rings. The van der Waals surface area contributed by atoms with Crippen LogP contribution in [0.4, 0.5) is 0 Å². The van der Waals surface area contributed by atoms with E-state index in [-0.39, 0.29) is 17.8 Å². The quantitative estimate of drug-likeness (QED) is 0.586. The molecule has 1 atom stereocenters. The maximum absolute atomic E-state index is 11.3. The van der Waals surface area contributed by atoms with Gasteiger partial charge in [0.1, 0.15) is 0 Å². The molecular weight excluding hydrogens is 170 g/mol. The number of ether oxygens (including phenoxy) is 1. The van der Waals surface area contributed by atoms with Gasteiger partial charge in [-0.15, -0.1) is 0 Å². The third-order valence-electron chi connectivity index (χ3n) is 2.28. The first-order chi connectivity index (χ1) is 6.15. The molecule has 0 saturated carbocycles. The highest BCUT2D eigenvalue weighted by molar-refractivity contribution is 5.84. The van der Waals surface area contributed by atoms with E-state index < -0.39 is 0 Å². The molecule has 1 heterocycles. The van der Waals surface area contributed by atoms with Crippen molar-refractivity contribution in [2.24, 2.45) is 5.92 Å². The van der Waals surface area contributed by atoms with Gasteiger partial charge >= 0.3 is 5.97 Å². The van der Waals surface area contributed by atoms with Gasteiger partial charge in [0.05, 0.1) is 12.5 Å². The first-order valence-electron chi connectivity index (χ1n) is 4.55. The van der Waals surface area contributed by atoms with Crippen LogP contribution in [0.5, 0.6) is 0 Å². The SMILES string of the molecule is CCOC(=O)C1CCN(C)C(=O)C1. The summed E-state index contributed by atoms with van der Waals surface area (Å²) >= 11 is 0. The summed E-state index contributed by atoms with van der Waals surface area (Å²) in [5.41, 5.74) is 0. The zero-order chi connectivity index (χ0) is 9.84. The predicted molar refractivity (Wildman–Crippen MR) is 47.0 cm³/mol. The second-order valence-electron chi connectivity index (χ2n) is 3.26. The molecule has 1 aliphatic heterocycles. The normalized spacial score (nSPS) is 23.1. The van der Waals surface area contributed by atoms with Gasteiger partial charge in [-0.3, -0.25) is 9.59 Å². The molecule has 0 aromatic rings. The molecule has 1 unspecified atom stereocenters. The fraction of sp³-hybridized carbons (Fsp3) is 0.778. The molecule has 0 aromatic heterocycles. The second kappa shape index (κ2) is 4.25. The van der Waals surface area contributed by atoms with E-state index in [4.69, 9.17) is 4.74 Å². The minimum Gasteiger partial charge on any atom is -0.466 e. The molecule has 4 heteroatoms. The van der Waals surface area contributed by atoms with Crippen molar-refractivity contribution < 1.29 is 14.3 Å². The zero-order valence-electron chi connectivity index (χ0n) is 8.08. The Labute approximate surface area is 77.8 Å². The van der Waals surface area contributed by atoms with Gasteiger partial charge in [0.15, 0.2) is 0 Å². The van der Waals surface area contributed by atoms with Gasteiger partial charge in [0, 0.05) is 20.0 Å². The summed E-state index contributed by atoms with van der Waals surface area (Å²) in [6.45, 7) is 2.82. The number of carbonyl (C=O) groups excluding carboxylic acids is 2. The van der Waals surface area contributed by atoms with Crippen molar-refractivity contribution in [3.8, 4) is 0 Å². The summed E-state index contributed by atoms with van der Waals surface area (Å²) in [5, 5.41) is 0. The molecule has 0 aliphatic carbocycles. The number of nitrogens with zero attached hydrogens (tertiary/aromatic N) is 1. The van der Waals surface area contributed by atoms with Crippen molar-refractivity contribution in [2.45, 2.75) is 19.8 Å². The van der Waals surface area contributed by atoms with Crippen LogP contribution in [0, 0.1) is 5.92 Å². The smallest absolute Gasteiger partial charge is 0.309 e. The van der Waals surface area contributed by atoms with E-state index in [1.807, 2.05) is 0 Å². The van der Waals surface area contributed by atoms with E-state index in [0.29, 0.717) is 19.6 Å². The number of esters is 1. The summed E-state index contributed by atoms with van der Waals surface area (Å²) in [6, 6.07) is 0. The number of likely N-dealkylation sites (tertiary alicyclic amines) is 1. The van der Waals surface area contributed by atoms with E-state index >= 15 is 0 Å². The van der Waals surface area contributed by atoms with E-state index in [0.717, 1.165) is 6.42 Å². The zero-order valence-corrected chi connectivity index (χ0v) is 8.08. The van der Waals surface area contributed by atoms with Crippen molar-refractivity contribution >= 4 is 11.9 Å². The van der Waals surface area contributed by atoms with Crippen LogP contribution in [0.15, 0.2) is 0 Å². The largest absolute Gasteiger partial charge is 0.466 e. The Morgan fingerprint density at radius 3 is 2.92 bits per heavy atom. The Bertz CT molecular complexity index is 215. The van der Waals surface area contributed by atoms with Crippen LogP contribution in [-0.2, 0) is 14.3 Å². The Hall–Kier alpha value is -1.06. The van der Waals surface area contributed by atoms with Crippen molar-refractivity contribution in [3.05, 3.63) is 0 Å². The molecule has 1 aliphatic rings. The lowest BCUT2D eigenvalue weighted by molar-refractivity contribution is -0.153. The molecule has 0 spiro atoms. The number of carbonyl (C=O) groups is 2. The van der Waals surface area contributed by atoms with Crippen LogP contribution >= 0.6 is 0 Å². The number of hydrogen-bond acceptors (Lipinski definition) is 3. The van der Waals surface area contributed by atoms with Crippen LogP contribution in [0.3, 0.4) is 0 Å². The average molecular weight is 185 g/mol. The topological polar surface area (TPSA) is 46.6 Å². The Morgan fingerprint density at radius 1 is 1.69 bits per heavy atom. The molecule has 4 nitrogen and oxygen atoms in total. The van der Waals surface area contributed by atoms with Gasteiger partial charge in [0.2, 0.25) is 5.91 Å². The fourth-order valence-electron chi connectivity index (χ4n) is 1.40. The number of hydrogen-bond donors (Lipinski definition) is 0. The second-order valence-corrected chi connectivity index (χ2v) is 3.26. The highest BCUT2D eigenvalue weighted by atomic mass is 16.5. The van der Waals surface area contributed by atoms with Gasteiger partial charge in [-0.2, -0.15) is 0 Å². The lowest BCUT2D eigenvalue weighted by Gasteiger charge is -2.27. The number of amides is 1. The molecule has 13 heavy (non-hydrogen) atoms. The van der Waals surface area contributed by atoms with Crippen LogP contribution in [-0.4, -0.2) is 37.0 Å². The standard InChI is InChI=1S/C9H15NO3/c1-3-13-9(12)7-4-5-10(2)8(11)6-7/h7H,3-6H2,1-2H3. The lowest BCUT2D eigenvalue weighted by atomic mass is 9.97. The van der Waals surface area contributed by atoms with Crippen LogP contribution < -0.4 is 0 Å². The lowest BCUT2D eigenvalue weighted by Crippen LogP contribution is -2.38. The molecule has 74 valence electrons. The van der Waals surface area contributed by atoms with Gasteiger partial charge < -0.3 is 9.64 Å². The highest BCUT2D eigenvalue weighted by Gasteiger charge is 2.29. The molecular formula is C9H15NO3.